The molecule has 4 bridgehead atoms. The molecule has 4 rings (SSSR count). The molecule has 0 radical (unpaired) electrons. The molecule has 0 aromatic rings. The van der Waals surface area contributed by atoms with Crippen LogP contribution >= 0.6 is 0 Å². The summed E-state index contributed by atoms with van der Waals surface area (Å²) in [5.41, 5.74) is 6.39. The number of hydrogen-bond donors (Lipinski definition) is 2. The van der Waals surface area contributed by atoms with E-state index in [9.17, 15) is 0 Å². The Morgan fingerprint density at radius 2 is 1.65 bits per heavy atom. The van der Waals surface area contributed by atoms with Crippen LogP contribution in [-0.2, 0) is 0 Å². The minimum atomic E-state index is 0.490. The van der Waals surface area contributed by atoms with Crippen molar-refractivity contribution in [2.24, 2.45) is 28.9 Å². The van der Waals surface area contributed by atoms with E-state index < -0.39 is 0 Å². The van der Waals surface area contributed by atoms with Crippen LogP contribution in [0.1, 0.15) is 51.9 Å². The molecule has 0 amide bonds. The summed E-state index contributed by atoms with van der Waals surface area (Å²) in [7, 11) is 0. The normalized spacial score (nSPS) is 45.2. The van der Waals surface area contributed by atoms with Crippen molar-refractivity contribution in [2.45, 2.75) is 57.9 Å². The molecule has 0 heterocycles. The molecule has 4 aliphatic rings. The highest BCUT2D eigenvalue weighted by molar-refractivity contribution is 5.01. The second kappa shape index (κ2) is 4.55. The maximum Gasteiger partial charge on any atom is 0.0161 e. The lowest BCUT2D eigenvalue weighted by Crippen LogP contribution is -2.47. The molecule has 0 unspecified atom stereocenters. The summed E-state index contributed by atoms with van der Waals surface area (Å²) in [5.74, 6) is 3.27. The number of rotatable bonds is 5. The maximum absolute atomic E-state index is 5.66. The predicted molar refractivity (Wildman–Crippen MR) is 71.7 cm³/mol. The molecule has 0 aromatic carbocycles. The van der Waals surface area contributed by atoms with E-state index in [1.54, 1.807) is 38.5 Å². The van der Waals surface area contributed by atoms with Crippen LogP contribution in [0.4, 0.5) is 0 Å². The van der Waals surface area contributed by atoms with Crippen LogP contribution < -0.4 is 11.1 Å². The maximum atomic E-state index is 5.66. The van der Waals surface area contributed by atoms with E-state index in [-0.39, 0.29) is 0 Å². The molecule has 0 aromatic heterocycles. The van der Waals surface area contributed by atoms with Crippen LogP contribution in [-0.4, -0.2) is 19.1 Å². The molecule has 0 saturated heterocycles. The Bertz CT molecular complexity index is 239. The quantitative estimate of drug-likeness (QED) is 0.770. The summed E-state index contributed by atoms with van der Waals surface area (Å²) in [6.45, 7) is 4.14. The van der Waals surface area contributed by atoms with Gasteiger partial charge in [-0.2, -0.15) is 0 Å². The average molecular weight is 236 g/mol. The van der Waals surface area contributed by atoms with Gasteiger partial charge in [0, 0.05) is 12.6 Å². The summed E-state index contributed by atoms with van der Waals surface area (Å²) in [6.07, 6.45) is 10.7. The largest absolute Gasteiger partial charge is 0.329 e. The first kappa shape index (κ1) is 12.0. The summed E-state index contributed by atoms with van der Waals surface area (Å²) >= 11 is 0. The van der Waals surface area contributed by atoms with E-state index in [1.165, 1.54) is 13.0 Å². The van der Waals surface area contributed by atoms with Gasteiger partial charge >= 0.3 is 0 Å². The van der Waals surface area contributed by atoms with E-state index in [4.69, 9.17) is 5.73 Å². The zero-order valence-electron chi connectivity index (χ0n) is 11.3. The molecular formula is C15H28N2. The van der Waals surface area contributed by atoms with Gasteiger partial charge in [-0.1, -0.05) is 0 Å². The van der Waals surface area contributed by atoms with Gasteiger partial charge in [-0.05, 0) is 81.6 Å². The fourth-order valence-corrected chi connectivity index (χ4v) is 5.26. The second-order valence-electron chi connectivity index (χ2n) is 7.26. The SMILES string of the molecule is C[C@H](CN)NCCC12CC3CC(CC(C3)C1)C2. The Morgan fingerprint density at radius 1 is 1.12 bits per heavy atom. The van der Waals surface area contributed by atoms with Crippen molar-refractivity contribution in [1.82, 2.24) is 5.32 Å². The lowest BCUT2D eigenvalue weighted by molar-refractivity contribution is -0.0569. The van der Waals surface area contributed by atoms with Crippen molar-refractivity contribution < 1.29 is 0 Å². The van der Waals surface area contributed by atoms with Crippen LogP contribution in [0.2, 0.25) is 0 Å². The predicted octanol–water partition coefficient (Wildman–Crippen LogP) is 2.53. The molecule has 0 aliphatic heterocycles. The van der Waals surface area contributed by atoms with Crippen molar-refractivity contribution in [2.75, 3.05) is 13.1 Å². The molecule has 4 fully saturated rings. The van der Waals surface area contributed by atoms with Crippen molar-refractivity contribution in [3.05, 3.63) is 0 Å². The summed E-state index contributed by atoms with van der Waals surface area (Å²) in [4.78, 5) is 0. The van der Waals surface area contributed by atoms with Crippen LogP contribution in [0.5, 0.6) is 0 Å². The van der Waals surface area contributed by atoms with Crippen molar-refractivity contribution in [3.8, 4) is 0 Å². The molecule has 0 spiro atoms. The van der Waals surface area contributed by atoms with E-state index >= 15 is 0 Å². The molecule has 98 valence electrons. The first-order valence-electron chi connectivity index (χ1n) is 7.62. The number of hydrogen-bond acceptors (Lipinski definition) is 2. The van der Waals surface area contributed by atoms with Crippen molar-refractivity contribution in [1.29, 1.82) is 0 Å². The standard InChI is InChI=1S/C15H28N2/c1-11(10-16)17-3-2-15-7-12-4-13(8-15)6-14(5-12)9-15/h11-14,17H,2-10,16H2,1H3/t11-,12?,13?,14?,15?/m1/s1. The Balaban J connectivity index is 1.55. The third kappa shape index (κ3) is 2.39. The van der Waals surface area contributed by atoms with Gasteiger partial charge in [0.25, 0.3) is 0 Å². The third-order valence-electron chi connectivity index (χ3n) is 5.67. The average Bonchev–Trinajstić information content (AvgIpc) is 2.26. The van der Waals surface area contributed by atoms with Crippen molar-refractivity contribution in [3.63, 3.8) is 0 Å². The lowest BCUT2D eigenvalue weighted by atomic mass is 9.49. The van der Waals surface area contributed by atoms with E-state index in [2.05, 4.69) is 12.2 Å². The lowest BCUT2D eigenvalue weighted by Gasteiger charge is -2.57. The highest BCUT2D eigenvalue weighted by Gasteiger charge is 2.50. The minimum Gasteiger partial charge on any atom is -0.329 e. The minimum absolute atomic E-state index is 0.490. The van der Waals surface area contributed by atoms with Crippen molar-refractivity contribution >= 4 is 0 Å². The summed E-state index contributed by atoms with van der Waals surface area (Å²) in [5, 5.41) is 3.58. The van der Waals surface area contributed by atoms with E-state index in [0.29, 0.717) is 6.04 Å². The number of nitrogens with two attached hydrogens (primary N) is 1. The van der Waals surface area contributed by atoms with Gasteiger partial charge < -0.3 is 11.1 Å². The Kier molecular flexibility index (Phi) is 3.20. The Hall–Kier alpha value is -0.0800. The van der Waals surface area contributed by atoms with Gasteiger partial charge in [0.05, 0.1) is 0 Å². The monoisotopic (exact) mass is 236 g/mol. The van der Waals surface area contributed by atoms with Gasteiger partial charge in [-0.15, -0.1) is 0 Å². The molecule has 2 nitrogen and oxygen atoms in total. The molecule has 17 heavy (non-hydrogen) atoms. The fourth-order valence-electron chi connectivity index (χ4n) is 5.26. The molecule has 4 aliphatic carbocycles. The third-order valence-corrected chi connectivity index (χ3v) is 5.67. The Labute approximate surface area is 106 Å². The van der Waals surface area contributed by atoms with Crippen LogP contribution in [0.15, 0.2) is 0 Å². The second-order valence-corrected chi connectivity index (χ2v) is 7.26. The fraction of sp³-hybridized carbons (Fsp3) is 1.00. The van der Waals surface area contributed by atoms with E-state index in [1.807, 2.05) is 0 Å². The van der Waals surface area contributed by atoms with Gasteiger partial charge in [0.15, 0.2) is 0 Å². The summed E-state index contributed by atoms with van der Waals surface area (Å²) in [6, 6.07) is 0.490. The van der Waals surface area contributed by atoms with Gasteiger partial charge in [-0.3, -0.25) is 0 Å². The van der Waals surface area contributed by atoms with Gasteiger partial charge in [0.2, 0.25) is 0 Å². The van der Waals surface area contributed by atoms with E-state index in [0.717, 1.165) is 29.7 Å². The van der Waals surface area contributed by atoms with Gasteiger partial charge in [-0.25, -0.2) is 0 Å². The summed E-state index contributed by atoms with van der Waals surface area (Å²) < 4.78 is 0. The molecule has 4 saturated carbocycles. The van der Waals surface area contributed by atoms with Crippen LogP contribution in [0, 0.1) is 23.2 Å². The van der Waals surface area contributed by atoms with Gasteiger partial charge in [0.1, 0.15) is 0 Å². The van der Waals surface area contributed by atoms with Crippen LogP contribution in [0.25, 0.3) is 0 Å². The molecule has 3 N–H and O–H groups in total. The molecular weight excluding hydrogens is 208 g/mol. The first-order valence-corrected chi connectivity index (χ1v) is 7.62. The zero-order chi connectivity index (χ0) is 11.9. The topological polar surface area (TPSA) is 38.0 Å². The first-order chi connectivity index (χ1) is 8.19. The zero-order valence-corrected chi connectivity index (χ0v) is 11.3. The Morgan fingerprint density at radius 3 is 2.12 bits per heavy atom. The highest BCUT2D eigenvalue weighted by atomic mass is 14.9. The number of nitrogens with one attached hydrogen (secondary N) is 1. The van der Waals surface area contributed by atoms with Crippen LogP contribution in [0.3, 0.4) is 0 Å². The smallest absolute Gasteiger partial charge is 0.0161 e. The molecule has 2 heteroatoms. The highest BCUT2D eigenvalue weighted by Crippen LogP contribution is 2.61. The molecule has 1 atom stereocenters.